The molecule has 1 aromatic carbocycles. The van der Waals surface area contributed by atoms with Gasteiger partial charge in [0.15, 0.2) is 0 Å². The second kappa shape index (κ2) is 4.89. The topological polar surface area (TPSA) is 12.0 Å². The fourth-order valence-corrected chi connectivity index (χ4v) is 1.57. The predicted octanol–water partition coefficient (Wildman–Crippen LogP) is 2.76. The third-order valence-corrected chi connectivity index (χ3v) is 2.46. The zero-order valence-electron chi connectivity index (χ0n) is 8.54. The zero-order chi connectivity index (χ0) is 10.5. The van der Waals surface area contributed by atoms with Crippen molar-refractivity contribution in [2.45, 2.75) is 6.42 Å². The van der Waals surface area contributed by atoms with Crippen LogP contribution in [0.3, 0.4) is 0 Å². The van der Waals surface area contributed by atoms with Crippen LogP contribution in [0, 0.1) is 5.82 Å². The number of hydrogen-bond acceptors (Lipinski definition) is 1. The van der Waals surface area contributed by atoms with Crippen LogP contribution in [0.15, 0.2) is 42.0 Å². The van der Waals surface area contributed by atoms with Gasteiger partial charge in [0.25, 0.3) is 0 Å². The first-order valence-electron chi connectivity index (χ1n) is 5.18. The molecule has 2 heteroatoms. The number of nitrogens with one attached hydrogen (secondary N) is 1. The molecule has 0 saturated heterocycles. The minimum absolute atomic E-state index is 0.187. The minimum Gasteiger partial charge on any atom is -0.313 e. The molecule has 0 aromatic heterocycles. The number of halogens is 1. The summed E-state index contributed by atoms with van der Waals surface area (Å²) in [5.74, 6) is -0.187. The molecular formula is C13H14FN. The Balaban J connectivity index is 2.04. The van der Waals surface area contributed by atoms with Crippen molar-refractivity contribution in [3.8, 4) is 0 Å². The second-order valence-corrected chi connectivity index (χ2v) is 3.62. The van der Waals surface area contributed by atoms with E-state index >= 15 is 0 Å². The van der Waals surface area contributed by atoms with Crippen LogP contribution in [0.1, 0.15) is 12.0 Å². The molecule has 1 aliphatic heterocycles. The molecule has 0 atom stereocenters. The number of hydrogen-bond donors (Lipinski definition) is 1. The summed E-state index contributed by atoms with van der Waals surface area (Å²) >= 11 is 0. The second-order valence-electron chi connectivity index (χ2n) is 3.62. The van der Waals surface area contributed by atoms with Gasteiger partial charge < -0.3 is 5.32 Å². The highest BCUT2D eigenvalue weighted by atomic mass is 19.1. The van der Waals surface area contributed by atoms with E-state index in [0.717, 1.165) is 25.1 Å². The van der Waals surface area contributed by atoms with E-state index in [1.165, 1.54) is 17.7 Å². The van der Waals surface area contributed by atoms with Crippen LogP contribution in [-0.4, -0.2) is 13.1 Å². The first kappa shape index (κ1) is 10.1. The highest BCUT2D eigenvalue weighted by Gasteiger charge is 1.98. The summed E-state index contributed by atoms with van der Waals surface area (Å²) in [6.45, 7) is 1.99. The van der Waals surface area contributed by atoms with Gasteiger partial charge in [-0.15, -0.1) is 0 Å². The number of benzene rings is 1. The van der Waals surface area contributed by atoms with Crippen molar-refractivity contribution in [1.29, 1.82) is 0 Å². The quantitative estimate of drug-likeness (QED) is 0.779. The molecule has 1 nitrogen and oxygen atoms in total. The molecule has 1 N–H and O–H groups in total. The summed E-state index contributed by atoms with van der Waals surface area (Å²) in [6, 6.07) is 6.54. The van der Waals surface area contributed by atoms with Crippen LogP contribution in [0.25, 0.3) is 6.08 Å². The summed E-state index contributed by atoms with van der Waals surface area (Å²) < 4.78 is 12.6. The van der Waals surface area contributed by atoms with Crippen molar-refractivity contribution < 1.29 is 4.39 Å². The summed E-state index contributed by atoms with van der Waals surface area (Å²) in [6.07, 6.45) is 7.38. The fraction of sp³-hybridized carbons (Fsp3) is 0.231. The van der Waals surface area contributed by atoms with Gasteiger partial charge in [-0.05, 0) is 36.2 Å². The number of rotatable bonds is 2. The first-order chi connectivity index (χ1) is 7.34. The average Bonchev–Trinajstić information content (AvgIpc) is 2.30. The monoisotopic (exact) mass is 203 g/mol. The fourth-order valence-electron chi connectivity index (χ4n) is 1.57. The molecule has 1 heterocycles. The molecule has 0 radical (unpaired) electrons. The molecule has 0 saturated carbocycles. The van der Waals surface area contributed by atoms with Gasteiger partial charge in [-0.25, -0.2) is 4.39 Å². The van der Waals surface area contributed by atoms with Crippen LogP contribution in [-0.2, 0) is 0 Å². The first-order valence-corrected chi connectivity index (χ1v) is 5.18. The SMILES string of the molecule is Fc1ccc(/C=C/C2=CCNCC2)cc1. The third kappa shape index (κ3) is 3.03. The van der Waals surface area contributed by atoms with Crippen molar-refractivity contribution in [2.75, 3.05) is 13.1 Å². The van der Waals surface area contributed by atoms with E-state index in [-0.39, 0.29) is 5.82 Å². The Hall–Kier alpha value is -1.41. The van der Waals surface area contributed by atoms with Gasteiger partial charge in [-0.2, -0.15) is 0 Å². The lowest BCUT2D eigenvalue weighted by Gasteiger charge is -2.09. The molecule has 15 heavy (non-hydrogen) atoms. The molecule has 0 amide bonds. The highest BCUT2D eigenvalue weighted by Crippen LogP contribution is 2.10. The molecule has 78 valence electrons. The van der Waals surface area contributed by atoms with E-state index in [2.05, 4.69) is 17.5 Å². The van der Waals surface area contributed by atoms with Gasteiger partial charge in [-0.1, -0.05) is 30.4 Å². The Morgan fingerprint density at radius 2 is 1.93 bits per heavy atom. The zero-order valence-corrected chi connectivity index (χ0v) is 8.54. The molecule has 0 unspecified atom stereocenters. The Kier molecular flexibility index (Phi) is 3.30. The normalized spacial score (nSPS) is 16.7. The van der Waals surface area contributed by atoms with Gasteiger partial charge in [0.05, 0.1) is 0 Å². The molecule has 0 aliphatic carbocycles. The Bertz CT molecular complexity index is 376. The lowest BCUT2D eigenvalue weighted by atomic mass is 10.1. The van der Waals surface area contributed by atoms with E-state index in [1.807, 2.05) is 6.08 Å². The van der Waals surface area contributed by atoms with Gasteiger partial charge in [0.2, 0.25) is 0 Å². The van der Waals surface area contributed by atoms with Crippen molar-refractivity contribution in [3.05, 3.63) is 53.4 Å². The van der Waals surface area contributed by atoms with E-state index < -0.39 is 0 Å². The smallest absolute Gasteiger partial charge is 0.123 e. The predicted molar refractivity (Wildman–Crippen MR) is 61.0 cm³/mol. The Labute approximate surface area is 89.3 Å². The van der Waals surface area contributed by atoms with Crippen molar-refractivity contribution in [3.63, 3.8) is 0 Å². The lowest BCUT2D eigenvalue weighted by molar-refractivity contribution is 0.628. The van der Waals surface area contributed by atoms with Crippen LogP contribution < -0.4 is 5.32 Å². The summed E-state index contributed by atoms with van der Waals surface area (Å²) in [5, 5.41) is 3.26. The van der Waals surface area contributed by atoms with Crippen LogP contribution in [0.4, 0.5) is 4.39 Å². The molecule has 0 fully saturated rings. The van der Waals surface area contributed by atoms with Gasteiger partial charge in [0, 0.05) is 6.54 Å². The third-order valence-electron chi connectivity index (χ3n) is 2.46. The van der Waals surface area contributed by atoms with E-state index in [0.29, 0.717) is 0 Å². The molecular weight excluding hydrogens is 189 g/mol. The van der Waals surface area contributed by atoms with Crippen molar-refractivity contribution >= 4 is 6.08 Å². The lowest BCUT2D eigenvalue weighted by Crippen LogP contribution is -2.19. The maximum atomic E-state index is 12.6. The maximum absolute atomic E-state index is 12.6. The standard InChI is InChI=1S/C13H14FN/c14-13-5-3-11(4-6-13)1-2-12-7-9-15-10-8-12/h1-7,15H,8-10H2/b2-1+. The number of allylic oxidation sites excluding steroid dienone is 1. The van der Waals surface area contributed by atoms with Crippen LogP contribution in [0.2, 0.25) is 0 Å². The van der Waals surface area contributed by atoms with Crippen LogP contribution in [0.5, 0.6) is 0 Å². The van der Waals surface area contributed by atoms with E-state index in [1.54, 1.807) is 12.1 Å². The van der Waals surface area contributed by atoms with Crippen molar-refractivity contribution in [1.82, 2.24) is 5.32 Å². The summed E-state index contributed by atoms with van der Waals surface area (Å²) in [5.41, 5.74) is 2.38. The summed E-state index contributed by atoms with van der Waals surface area (Å²) in [7, 11) is 0. The van der Waals surface area contributed by atoms with E-state index in [4.69, 9.17) is 0 Å². The molecule has 2 rings (SSSR count). The van der Waals surface area contributed by atoms with Gasteiger partial charge >= 0.3 is 0 Å². The van der Waals surface area contributed by atoms with E-state index in [9.17, 15) is 4.39 Å². The average molecular weight is 203 g/mol. The molecule has 1 aromatic rings. The van der Waals surface area contributed by atoms with Gasteiger partial charge in [0.1, 0.15) is 5.82 Å². The molecule has 1 aliphatic rings. The largest absolute Gasteiger partial charge is 0.313 e. The van der Waals surface area contributed by atoms with Crippen molar-refractivity contribution in [2.24, 2.45) is 0 Å². The molecule has 0 bridgehead atoms. The molecule has 0 spiro atoms. The maximum Gasteiger partial charge on any atom is 0.123 e. The summed E-state index contributed by atoms with van der Waals surface area (Å²) in [4.78, 5) is 0. The Morgan fingerprint density at radius 3 is 2.60 bits per heavy atom. The Morgan fingerprint density at radius 1 is 1.13 bits per heavy atom. The highest BCUT2D eigenvalue weighted by molar-refractivity contribution is 5.52. The van der Waals surface area contributed by atoms with Gasteiger partial charge in [-0.3, -0.25) is 0 Å². The minimum atomic E-state index is -0.187. The van der Waals surface area contributed by atoms with Crippen LogP contribution >= 0.6 is 0 Å².